The standard InChI is InChI=1S/C25H29FN2O4S/c1-31-20-8-6-7-18(15-20)17-25(24(30)32-2)23(29)28(14-13-27-11-4-3-5-12-27)21-16-19(26)9-10-22(21)33-25/h6-10,15-16H,3-5,11-14,17H2,1-2H3. The normalized spacial score (nSPS) is 20.9. The summed E-state index contributed by atoms with van der Waals surface area (Å²) in [5.74, 6) is -0.760. The first-order valence-corrected chi connectivity index (χ1v) is 12.0. The average molecular weight is 473 g/mol. The van der Waals surface area contributed by atoms with E-state index in [9.17, 15) is 14.0 Å². The first kappa shape index (κ1) is 23.6. The van der Waals surface area contributed by atoms with Crippen molar-refractivity contribution >= 4 is 29.3 Å². The molecule has 8 heteroatoms. The maximum absolute atomic E-state index is 14.2. The number of rotatable bonds is 7. The molecule has 0 radical (unpaired) electrons. The summed E-state index contributed by atoms with van der Waals surface area (Å²) in [5, 5.41) is 0. The second-order valence-corrected chi connectivity index (χ2v) is 9.76. The van der Waals surface area contributed by atoms with E-state index < -0.39 is 16.5 Å². The van der Waals surface area contributed by atoms with Gasteiger partial charge in [-0.3, -0.25) is 4.79 Å². The van der Waals surface area contributed by atoms with E-state index in [0.717, 1.165) is 43.3 Å². The van der Waals surface area contributed by atoms with Gasteiger partial charge >= 0.3 is 5.97 Å². The van der Waals surface area contributed by atoms with Gasteiger partial charge in [-0.2, -0.15) is 0 Å². The van der Waals surface area contributed by atoms with E-state index in [-0.39, 0.29) is 12.3 Å². The lowest BCUT2D eigenvalue weighted by atomic mass is 9.95. The first-order valence-electron chi connectivity index (χ1n) is 11.2. The smallest absolute Gasteiger partial charge is 0.332 e. The van der Waals surface area contributed by atoms with Crippen LogP contribution in [0.2, 0.25) is 0 Å². The van der Waals surface area contributed by atoms with Crippen LogP contribution in [0.1, 0.15) is 24.8 Å². The van der Waals surface area contributed by atoms with Crippen molar-refractivity contribution in [2.24, 2.45) is 0 Å². The van der Waals surface area contributed by atoms with Crippen LogP contribution in [0, 0.1) is 5.82 Å². The molecule has 0 saturated carbocycles. The Morgan fingerprint density at radius 1 is 1.09 bits per heavy atom. The largest absolute Gasteiger partial charge is 0.497 e. The number of carbonyl (C=O) groups is 2. The summed E-state index contributed by atoms with van der Waals surface area (Å²) in [6.07, 6.45) is 3.63. The quantitative estimate of drug-likeness (QED) is 0.450. The van der Waals surface area contributed by atoms with Gasteiger partial charge in [0.15, 0.2) is 0 Å². The monoisotopic (exact) mass is 472 g/mol. The number of anilines is 1. The molecule has 2 aromatic carbocycles. The molecule has 1 atom stereocenters. The Kier molecular flexibility index (Phi) is 7.24. The molecule has 2 aliphatic rings. The average Bonchev–Trinajstić information content (AvgIpc) is 2.84. The Balaban J connectivity index is 1.72. The van der Waals surface area contributed by atoms with Crippen LogP contribution in [-0.2, 0) is 20.7 Å². The molecule has 0 aromatic heterocycles. The minimum Gasteiger partial charge on any atom is -0.497 e. The number of carbonyl (C=O) groups excluding carboxylic acids is 2. The minimum absolute atomic E-state index is 0.136. The van der Waals surface area contributed by atoms with Gasteiger partial charge in [-0.25, -0.2) is 9.18 Å². The van der Waals surface area contributed by atoms with Crippen LogP contribution in [0.4, 0.5) is 10.1 Å². The van der Waals surface area contributed by atoms with Gasteiger partial charge < -0.3 is 19.3 Å². The van der Waals surface area contributed by atoms with Crippen LogP contribution in [-0.4, -0.2) is 61.9 Å². The molecule has 1 saturated heterocycles. The molecule has 1 unspecified atom stereocenters. The van der Waals surface area contributed by atoms with E-state index in [2.05, 4.69) is 4.90 Å². The number of methoxy groups -OCH3 is 2. The number of benzene rings is 2. The Hall–Kier alpha value is -2.58. The summed E-state index contributed by atoms with van der Waals surface area (Å²) in [4.78, 5) is 31.7. The molecule has 2 aliphatic heterocycles. The van der Waals surface area contributed by atoms with Crippen LogP contribution >= 0.6 is 11.8 Å². The van der Waals surface area contributed by atoms with Gasteiger partial charge in [0.05, 0.1) is 19.9 Å². The van der Waals surface area contributed by atoms with Crippen LogP contribution in [0.5, 0.6) is 5.75 Å². The second kappa shape index (κ2) is 10.1. The van der Waals surface area contributed by atoms with Gasteiger partial charge in [0.25, 0.3) is 5.91 Å². The van der Waals surface area contributed by atoms with Gasteiger partial charge in [0.1, 0.15) is 11.6 Å². The Morgan fingerprint density at radius 3 is 2.61 bits per heavy atom. The maximum atomic E-state index is 14.2. The highest BCUT2D eigenvalue weighted by molar-refractivity contribution is 8.02. The molecule has 2 heterocycles. The lowest BCUT2D eigenvalue weighted by Gasteiger charge is -2.41. The molecule has 1 fully saturated rings. The van der Waals surface area contributed by atoms with Crippen LogP contribution in [0.15, 0.2) is 47.4 Å². The van der Waals surface area contributed by atoms with E-state index in [1.807, 2.05) is 24.3 Å². The summed E-state index contributed by atoms with van der Waals surface area (Å²) >= 11 is 1.14. The molecule has 1 amide bonds. The number of nitrogens with zero attached hydrogens (tertiary/aromatic N) is 2. The van der Waals surface area contributed by atoms with Crippen molar-refractivity contribution < 1.29 is 23.5 Å². The minimum atomic E-state index is -1.51. The van der Waals surface area contributed by atoms with Gasteiger partial charge in [0, 0.05) is 24.4 Å². The number of esters is 1. The lowest BCUT2D eigenvalue weighted by Crippen LogP contribution is -2.57. The predicted molar refractivity (Wildman–Crippen MR) is 126 cm³/mol. The third kappa shape index (κ3) is 4.87. The highest BCUT2D eigenvalue weighted by Crippen LogP contribution is 2.48. The molecule has 6 nitrogen and oxygen atoms in total. The van der Waals surface area contributed by atoms with Crippen molar-refractivity contribution in [2.75, 3.05) is 45.3 Å². The second-order valence-electron chi connectivity index (χ2n) is 8.42. The number of likely N-dealkylation sites (tertiary alicyclic amines) is 1. The molecule has 0 spiro atoms. The summed E-state index contributed by atoms with van der Waals surface area (Å²) in [6, 6.07) is 11.7. The predicted octanol–water partition coefficient (Wildman–Crippen LogP) is 3.91. The first-order chi connectivity index (χ1) is 16.0. The van der Waals surface area contributed by atoms with Crippen molar-refractivity contribution in [1.82, 2.24) is 4.90 Å². The number of amides is 1. The molecule has 0 N–H and O–H groups in total. The molecule has 0 aliphatic carbocycles. The van der Waals surface area contributed by atoms with Crippen molar-refractivity contribution in [1.29, 1.82) is 0 Å². The molecule has 176 valence electrons. The van der Waals surface area contributed by atoms with Crippen molar-refractivity contribution in [2.45, 2.75) is 35.3 Å². The van der Waals surface area contributed by atoms with Gasteiger partial charge in [0.2, 0.25) is 4.75 Å². The van der Waals surface area contributed by atoms with Gasteiger partial charge in [-0.1, -0.05) is 30.3 Å². The van der Waals surface area contributed by atoms with E-state index >= 15 is 0 Å². The highest BCUT2D eigenvalue weighted by Gasteiger charge is 2.54. The Morgan fingerprint density at radius 2 is 1.88 bits per heavy atom. The molecular formula is C25H29FN2O4S. The number of halogens is 1. The topological polar surface area (TPSA) is 59.1 Å². The van der Waals surface area contributed by atoms with E-state index in [0.29, 0.717) is 29.4 Å². The number of hydrogen-bond donors (Lipinski definition) is 0. The zero-order valence-corrected chi connectivity index (χ0v) is 19.8. The fraction of sp³-hybridized carbons (Fsp3) is 0.440. The number of thioether (sulfide) groups is 1. The lowest BCUT2D eigenvalue weighted by molar-refractivity contribution is -0.147. The summed E-state index contributed by atoms with van der Waals surface area (Å²) < 4.78 is 23.1. The number of hydrogen-bond acceptors (Lipinski definition) is 6. The van der Waals surface area contributed by atoms with Crippen molar-refractivity contribution in [3.8, 4) is 5.75 Å². The summed E-state index contributed by atoms with van der Waals surface area (Å²) in [7, 11) is 2.87. The zero-order chi connectivity index (χ0) is 23.4. The van der Waals surface area contributed by atoms with Crippen LogP contribution in [0.3, 0.4) is 0 Å². The number of piperidine rings is 1. The van der Waals surface area contributed by atoms with E-state index in [1.165, 1.54) is 25.7 Å². The third-order valence-electron chi connectivity index (χ3n) is 6.28. The third-order valence-corrected chi connectivity index (χ3v) is 7.68. The number of ether oxygens (including phenoxy) is 2. The highest BCUT2D eigenvalue weighted by atomic mass is 32.2. The summed E-state index contributed by atoms with van der Waals surface area (Å²) in [6.45, 7) is 3.02. The SMILES string of the molecule is COC(=O)C1(Cc2cccc(OC)c2)Sc2ccc(F)cc2N(CCN2CCCCC2)C1=O. The van der Waals surface area contributed by atoms with Crippen LogP contribution < -0.4 is 9.64 Å². The Bertz CT molecular complexity index is 1030. The molecule has 0 bridgehead atoms. The van der Waals surface area contributed by atoms with Gasteiger partial charge in [-0.05, 0) is 61.8 Å². The maximum Gasteiger partial charge on any atom is 0.332 e. The van der Waals surface area contributed by atoms with Gasteiger partial charge in [-0.15, -0.1) is 0 Å². The molecular weight excluding hydrogens is 443 g/mol. The van der Waals surface area contributed by atoms with Crippen molar-refractivity contribution in [3.05, 3.63) is 53.8 Å². The van der Waals surface area contributed by atoms with E-state index in [1.54, 1.807) is 18.1 Å². The summed E-state index contributed by atoms with van der Waals surface area (Å²) in [5.41, 5.74) is 1.29. The van der Waals surface area contributed by atoms with E-state index in [4.69, 9.17) is 9.47 Å². The fourth-order valence-corrected chi connectivity index (χ4v) is 5.93. The van der Waals surface area contributed by atoms with Crippen LogP contribution in [0.25, 0.3) is 0 Å². The molecule has 2 aromatic rings. The number of fused-ring (bicyclic) bond motifs is 1. The molecule has 33 heavy (non-hydrogen) atoms. The Labute approximate surface area is 198 Å². The molecule has 4 rings (SSSR count). The van der Waals surface area contributed by atoms with Crippen molar-refractivity contribution in [3.63, 3.8) is 0 Å². The zero-order valence-electron chi connectivity index (χ0n) is 19.0. The fourth-order valence-electron chi connectivity index (χ4n) is 4.54.